The van der Waals surface area contributed by atoms with Gasteiger partial charge in [0.05, 0.1) is 7.11 Å². The molecule has 106 valence electrons. The van der Waals surface area contributed by atoms with Crippen LogP contribution < -0.4 is 4.74 Å². The van der Waals surface area contributed by atoms with Crippen molar-refractivity contribution in [3.63, 3.8) is 0 Å². The summed E-state index contributed by atoms with van der Waals surface area (Å²) in [4.78, 5) is 2.55. The third kappa shape index (κ3) is 3.03. The van der Waals surface area contributed by atoms with Crippen molar-refractivity contribution in [3.8, 4) is 11.5 Å². The first-order chi connectivity index (χ1) is 9.02. The molecule has 1 aliphatic rings. The van der Waals surface area contributed by atoms with Crippen molar-refractivity contribution >= 4 is 0 Å². The average molecular weight is 263 g/mol. The molecule has 0 aromatic heterocycles. The van der Waals surface area contributed by atoms with Crippen LogP contribution in [0, 0.1) is 5.92 Å². The number of phenols is 1. The van der Waals surface area contributed by atoms with Crippen LogP contribution in [0.15, 0.2) is 18.2 Å². The molecule has 1 N–H and O–H groups in total. The van der Waals surface area contributed by atoms with Crippen molar-refractivity contribution in [2.45, 2.75) is 45.7 Å². The van der Waals surface area contributed by atoms with Crippen LogP contribution in [0.4, 0.5) is 0 Å². The minimum Gasteiger partial charge on any atom is -0.504 e. The lowest BCUT2D eigenvalue weighted by atomic mass is 9.91. The van der Waals surface area contributed by atoms with Gasteiger partial charge in [0, 0.05) is 12.1 Å². The van der Waals surface area contributed by atoms with Gasteiger partial charge in [-0.25, -0.2) is 0 Å². The molecule has 1 aliphatic heterocycles. The van der Waals surface area contributed by atoms with Gasteiger partial charge < -0.3 is 9.84 Å². The lowest BCUT2D eigenvalue weighted by Crippen LogP contribution is -2.41. The zero-order valence-corrected chi connectivity index (χ0v) is 12.4. The van der Waals surface area contributed by atoms with Gasteiger partial charge in [-0.2, -0.15) is 0 Å². The van der Waals surface area contributed by atoms with Gasteiger partial charge in [-0.05, 0) is 56.8 Å². The maximum Gasteiger partial charge on any atom is 0.160 e. The second-order valence-electron chi connectivity index (χ2n) is 5.82. The lowest BCUT2D eigenvalue weighted by molar-refractivity contribution is 0.0893. The predicted molar refractivity (Wildman–Crippen MR) is 77.6 cm³/mol. The van der Waals surface area contributed by atoms with Crippen LogP contribution in [0.3, 0.4) is 0 Å². The van der Waals surface area contributed by atoms with E-state index in [2.05, 4.69) is 25.7 Å². The van der Waals surface area contributed by atoms with Crippen LogP contribution in [-0.4, -0.2) is 29.7 Å². The maximum absolute atomic E-state index is 9.68. The van der Waals surface area contributed by atoms with Crippen molar-refractivity contribution in [1.29, 1.82) is 0 Å². The third-order valence-electron chi connectivity index (χ3n) is 4.37. The smallest absolute Gasteiger partial charge is 0.160 e. The lowest BCUT2D eigenvalue weighted by Gasteiger charge is -2.40. The Hall–Kier alpha value is -1.22. The Morgan fingerprint density at radius 3 is 2.74 bits per heavy atom. The molecule has 3 atom stereocenters. The summed E-state index contributed by atoms with van der Waals surface area (Å²) in [5.74, 6) is 1.59. The van der Waals surface area contributed by atoms with Crippen molar-refractivity contribution in [3.05, 3.63) is 23.8 Å². The molecule has 1 aromatic carbocycles. The van der Waals surface area contributed by atoms with Crippen molar-refractivity contribution < 1.29 is 9.84 Å². The molecule has 0 aliphatic carbocycles. The Labute approximate surface area is 116 Å². The molecule has 0 amide bonds. The zero-order chi connectivity index (χ0) is 14.0. The van der Waals surface area contributed by atoms with E-state index in [0.29, 0.717) is 17.8 Å². The van der Waals surface area contributed by atoms with E-state index < -0.39 is 0 Å². The quantitative estimate of drug-likeness (QED) is 0.904. The topological polar surface area (TPSA) is 32.7 Å². The molecular formula is C16H25NO2. The van der Waals surface area contributed by atoms with E-state index in [9.17, 15) is 5.11 Å². The van der Waals surface area contributed by atoms with E-state index in [4.69, 9.17) is 4.74 Å². The fraction of sp³-hybridized carbons (Fsp3) is 0.625. The summed E-state index contributed by atoms with van der Waals surface area (Å²) in [6.45, 7) is 8.02. The fourth-order valence-electron chi connectivity index (χ4n) is 3.15. The van der Waals surface area contributed by atoms with E-state index in [1.165, 1.54) is 18.4 Å². The van der Waals surface area contributed by atoms with Gasteiger partial charge in [-0.1, -0.05) is 13.0 Å². The standard InChI is InChI=1S/C16H25NO2/c1-11-7-8-17(12(2)9-11)13(3)14-5-6-15(18)16(10-14)19-4/h5-6,10-13,18H,7-9H2,1-4H3. The van der Waals surface area contributed by atoms with Crippen molar-refractivity contribution in [2.24, 2.45) is 5.92 Å². The SMILES string of the molecule is COc1cc(C(C)N2CCC(C)CC2C)ccc1O. The number of aromatic hydroxyl groups is 1. The number of hydrogen-bond acceptors (Lipinski definition) is 3. The molecule has 0 radical (unpaired) electrons. The van der Waals surface area contributed by atoms with E-state index in [1.807, 2.05) is 12.1 Å². The van der Waals surface area contributed by atoms with E-state index in [0.717, 1.165) is 12.5 Å². The first kappa shape index (κ1) is 14.2. The molecule has 0 bridgehead atoms. The number of methoxy groups -OCH3 is 1. The number of rotatable bonds is 3. The first-order valence-electron chi connectivity index (χ1n) is 7.15. The van der Waals surface area contributed by atoms with Gasteiger partial charge in [-0.15, -0.1) is 0 Å². The summed E-state index contributed by atoms with van der Waals surface area (Å²) in [6, 6.07) is 6.63. The minimum absolute atomic E-state index is 0.207. The molecular weight excluding hydrogens is 238 g/mol. The molecule has 3 unspecified atom stereocenters. The Balaban J connectivity index is 2.17. The predicted octanol–water partition coefficient (Wildman–Crippen LogP) is 3.58. The third-order valence-corrected chi connectivity index (χ3v) is 4.37. The van der Waals surface area contributed by atoms with Gasteiger partial charge in [0.15, 0.2) is 11.5 Å². The van der Waals surface area contributed by atoms with Gasteiger partial charge in [0.2, 0.25) is 0 Å². The van der Waals surface area contributed by atoms with Gasteiger partial charge in [0.1, 0.15) is 0 Å². The second kappa shape index (κ2) is 5.83. The summed E-state index contributed by atoms with van der Waals surface area (Å²) in [7, 11) is 1.59. The van der Waals surface area contributed by atoms with Crippen LogP contribution in [0.5, 0.6) is 11.5 Å². The summed E-state index contributed by atoms with van der Waals surface area (Å²) in [6.07, 6.45) is 2.53. The highest BCUT2D eigenvalue weighted by Gasteiger charge is 2.27. The van der Waals surface area contributed by atoms with Crippen molar-refractivity contribution in [2.75, 3.05) is 13.7 Å². The zero-order valence-electron chi connectivity index (χ0n) is 12.4. The summed E-state index contributed by atoms with van der Waals surface area (Å²) >= 11 is 0. The molecule has 3 heteroatoms. The monoisotopic (exact) mass is 263 g/mol. The van der Waals surface area contributed by atoms with Gasteiger partial charge in [0.25, 0.3) is 0 Å². The highest BCUT2D eigenvalue weighted by Crippen LogP contribution is 2.34. The number of piperidine rings is 1. The Morgan fingerprint density at radius 2 is 2.11 bits per heavy atom. The number of likely N-dealkylation sites (tertiary alicyclic amines) is 1. The normalized spacial score (nSPS) is 26.1. The molecule has 0 spiro atoms. The fourth-order valence-corrected chi connectivity index (χ4v) is 3.15. The van der Waals surface area contributed by atoms with E-state index in [1.54, 1.807) is 13.2 Å². The van der Waals surface area contributed by atoms with Crippen molar-refractivity contribution in [1.82, 2.24) is 4.90 Å². The number of phenolic OH excluding ortho intramolecular Hbond substituents is 1. The number of nitrogens with zero attached hydrogens (tertiary/aromatic N) is 1. The molecule has 3 nitrogen and oxygen atoms in total. The van der Waals surface area contributed by atoms with Crippen LogP contribution in [0.2, 0.25) is 0 Å². The Kier molecular flexibility index (Phi) is 4.35. The highest BCUT2D eigenvalue weighted by molar-refractivity contribution is 5.42. The second-order valence-corrected chi connectivity index (χ2v) is 5.82. The van der Waals surface area contributed by atoms with E-state index in [-0.39, 0.29) is 5.75 Å². The molecule has 1 saturated heterocycles. The number of ether oxygens (including phenoxy) is 1. The van der Waals surface area contributed by atoms with E-state index >= 15 is 0 Å². The first-order valence-corrected chi connectivity index (χ1v) is 7.15. The number of hydrogen-bond donors (Lipinski definition) is 1. The molecule has 1 heterocycles. The summed E-state index contributed by atoms with van der Waals surface area (Å²) in [5.41, 5.74) is 1.20. The van der Waals surface area contributed by atoms with Crippen LogP contribution in [0.1, 0.15) is 45.2 Å². The Bertz CT molecular complexity index is 433. The Morgan fingerprint density at radius 1 is 1.37 bits per heavy atom. The van der Waals surface area contributed by atoms with Crippen LogP contribution >= 0.6 is 0 Å². The van der Waals surface area contributed by atoms with Gasteiger partial charge >= 0.3 is 0 Å². The molecule has 2 rings (SSSR count). The summed E-state index contributed by atoms with van der Waals surface area (Å²) < 4.78 is 5.20. The number of benzene rings is 1. The molecule has 1 aromatic rings. The van der Waals surface area contributed by atoms with Gasteiger partial charge in [-0.3, -0.25) is 4.90 Å². The van der Waals surface area contributed by atoms with Crippen LogP contribution in [0.25, 0.3) is 0 Å². The molecule has 0 saturated carbocycles. The molecule has 19 heavy (non-hydrogen) atoms. The molecule has 1 fully saturated rings. The highest BCUT2D eigenvalue weighted by atomic mass is 16.5. The average Bonchev–Trinajstić information content (AvgIpc) is 2.38. The maximum atomic E-state index is 9.68. The summed E-state index contributed by atoms with van der Waals surface area (Å²) in [5, 5.41) is 9.68. The minimum atomic E-state index is 0.207. The van der Waals surface area contributed by atoms with Crippen LogP contribution in [-0.2, 0) is 0 Å². The largest absolute Gasteiger partial charge is 0.504 e.